The standard InChI is InChI=1S/C25H24BrFN4O5S/c1-35-25(34)21-19(10-31-15-6-13(8-20(32)33)7-16(31)12-36-11-15)29-23(24-28-4-5-37-24)30-22(21)17-3-2-14(27)9-18(17)26/h2-5,9,13,15-16H,6-8,10-12H2,1H3,(H,32,33)/t13?,15-,16?/m1/s1. The van der Waals surface area contributed by atoms with Gasteiger partial charge < -0.3 is 14.6 Å². The van der Waals surface area contributed by atoms with Crippen molar-refractivity contribution in [2.24, 2.45) is 5.92 Å². The lowest BCUT2D eigenvalue weighted by atomic mass is 9.83. The normalized spacial score (nSPS) is 21.5. The zero-order valence-electron chi connectivity index (χ0n) is 19.9. The van der Waals surface area contributed by atoms with Gasteiger partial charge in [-0.05, 0) is 52.9 Å². The number of fused-ring (bicyclic) bond motifs is 2. The number of hydrogen-bond donors (Lipinski definition) is 1. The summed E-state index contributed by atoms with van der Waals surface area (Å²) in [4.78, 5) is 40.6. The molecule has 0 amide bonds. The van der Waals surface area contributed by atoms with Crippen LogP contribution in [0.1, 0.15) is 35.3 Å². The van der Waals surface area contributed by atoms with Gasteiger partial charge >= 0.3 is 11.9 Å². The number of aromatic nitrogens is 3. The Morgan fingerprint density at radius 3 is 2.65 bits per heavy atom. The molecule has 12 heteroatoms. The highest BCUT2D eigenvalue weighted by Gasteiger charge is 2.40. The number of methoxy groups -OCH3 is 1. The van der Waals surface area contributed by atoms with Crippen LogP contribution < -0.4 is 0 Å². The summed E-state index contributed by atoms with van der Waals surface area (Å²) in [7, 11) is 1.30. The Balaban J connectivity index is 1.61. The van der Waals surface area contributed by atoms with Crippen LogP contribution in [0.15, 0.2) is 34.2 Å². The van der Waals surface area contributed by atoms with Gasteiger partial charge in [0.15, 0.2) is 10.8 Å². The molecule has 1 aromatic carbocycles. The fraction of sp³-hybridized carbons (Fsp3) is 0.400. The lowest BCUT2D eigenvalue weighted by molar-refractivity contribution is -0.141. The van der Waals surface area contributed by atoms with Gasteiger partial charge in [-0.3, -0.25) is 9.69 Å². The molecule has 0 radical (unpaired) electrons. The van der Waals surface area contributed by atoms with E-state index < -0.39 is 17.8 Å². The van der Waals surface area contributed by atoms with Crippen LogP contribution in [0.25, 0.3) is 22.1 Å². The number of carbonyl (C=O) groups excluding carboxylic acids is 1. The number of ether oxygens (including phenoxy) is 2. The average molecular weight is 591 g/mol. The molecule has 0 saturated carbocycles. The second-order valence-corrected chi connectivity index (χ2v) is 10.9. The Morgan fingerprint density at radius 2 is 2.03 bits per heavy atom. The summed E-state index contributed by atoms with van der Waals surface area (Å²) in [5.41, 5.74) is 1.50. The quantitative estimate of drug-likeness (QED) is 0.399. The van der Waals surface area contributed by atoms with Gasteiger partial charge in [0.25, 0.3) is 0 Å². The van der Waals surface area contributed by atoms with E-state index >= 15 is 0 Å². The average Bonchev–Trinajstić information content (AvgIpc) is 3.38. The van der Waals surface area contributed by atoms with Crippen LogP contribution in [0.3, 0.4) is 0 Å². The summed E-state index contributed by atoms with van der Waals surface area (Å²) >= 11 is 4.78. The van der Waals surface area contributed by atoms with E-state index in [1.54, 1.807) is 12.3 Å². The largest absolute Gasteiger partial charge is 0.481 e. The lowest BCUT2D eigenvalue weighted by Gasteiger charge is -2.48. The fourth-order valence-electron chi connectivity index (χ4n) is 5.19. The van der Waals surface area contributed by atoms with Gasteiger partial charge in [-0.15, -0.1) is 11.3 Å². The molecule has 194 valence electrons. The molecule has 9 nitrogen and oxygen atoms in total. The predicted octanol–water partition coefficient (Wildman–Crippen LogP) is 4.41. The summed E-state index contributed by atoms with van der Waals surface area (Å²) in [6, 6.07) is 4.16. The Morgan fingerprint density at radius 1 is 1.27 bits per heavy atom. The molecule has 0 spiro atoms. The third-order valence-electron chi connectivity index (χ3n) is 6.75. The maximum Gasteiger partial charge on any atom is 0.342 e. The molecular weight excluding hydrogens is 567 g/mol. The van der Waals surface area contributed by atoms with Crippen molar-refractivity contribution in [3.63, 3.8) is 0 Å². The first kappa shape index (κ1) is 25.8. The Hall–Kier alpha value is -2.80. The number of nitrogens with zero attached hydrogens (tertiary/aromatic N) is 4. The highest BCUT2D eigenvalue weighted by atomic mass is 79.9. The first-order valence-corrected chi connectivity index (χ1v) is 13.4. The number of halogens is 2. The molecule has 2 aliphatic rings. The van der Waals surface area contributed by atoms with Gasteiger partial charge in [-0.1, -0.05) is 0 Å². The number of morpholine rings is 1. The molecular formula is C25H24BrFN4O5S. The molecule has 5 rings (SSSR count). The van der Waals surface area contributed by atoms with Crippen LogP contribution >= 0.6 is 27.3 Å². The van der Waals surface area contributed by atoms with Gasteiger partial charge in [-0.2, -0.15) is 0 Å². The van der Waals surface area contributed by atoms with E-state index in [0.29, 0.717) is 64.9 Å². The molecule has 1 N–H and O–H groups in total. The molecule has 4 heterocycles. The number of rotatable bonds is 7. The molecule has 2 aliphatic heterocycles. The van der Waals surface area contributed by atoms with Crippen molar-refractivity contribution >= 4 is 39.2 Å². The van der Waals surface area contributed by atoms with E-state index in [0.717, 1.165) is 0 Å². The molecule has 0 aliphatic carbocycles. The Kier molecular flexibility index (Phi) is 7.61. The fourth-order valence-corrected chi connectivity index (χ4v) is 6.30. The molecule has 2 aromatic heterocycles. The van der Waals surface area contributed by atoms with Crippen molar-refractivity contribution in [3.05, 3.63) is 51.3 Å². The molecule has 2 bridgehead atoms. The van der Waals surface area contributed by atoms with Crippen LogP contribution in [0.4, 0.5) is 4.39 Å². The SMILES string of the molecule is COC(=O)c1c(CN2C3COC[C@H]2CC(CC(=O)O)C3)nc(-c2nccs2)nc1-c1ccc(F)cc1Br. The number of thiazole rings is 1. The van der Waals surface area contributed by atoms with Crippen LogP contribution in [0.5, 0.6) is 0 Å². The van der Waals surface area contributed by atoms with Gasteiger partial charge in [0.05, 0.1) is 31.7 Å². The van der Waals surface area contributed by atoms with Gasteiger partial charge in [0, 0.05) is 46.7 Å². The van der Waals surface area contributed by atoms with Gasteiger partial charge in [0.1, 0.15) is 11.4 Å². The molecule has 2 fully saturated rings. The zero-order valence-corrected chi connectivity index (χ0v) is 22.3. The monoisotopic (exact) mass is 590 g/mol. The Labute approximate surface area is 224 Å². The maximum absolute atomic E-state index is 13.9. The number of benzene rings is 1. The summed E-state index contributed by atoms with van der Waals surface area (Å²) in [5.74, 6) is -1.42. The number of piperidine rings is 1. The van der Waals surface area contributed by atoms with Gasteiger partial charge in [-0.25, -0.2) is 24.1 Å². The molecule has 2 saturated heterocycles. The second-order valence-electron chi connectivity index (χ2n) is 9.12. The summed E-state index contributed by atoms with van der Waals surface area (Å²) < 4.78 is 25.3. The van der Waals surface area contributed by atoms with Crippen molar-refractivity contribution in [3.8, 4) is 22.1 Å². The maximum atomic E-state index is 13.9. The van der Waals surface area contributed by atoms with Crippen molar-refractivity contribution < 1.29 is 28.6 Å². The van der Waals surface area contributed by atoms with E-state index in [1.807, 2.05) is 5.38 Å². The highest BCUT2D eigenvalue weighted by molar-refractivity contribution is 9.10. The highest BCUT2D eigenvalue weighted by Crippen LogP contribution is 2.37. The van der Waals surface area contributed by atoms with Crippen LogP contribution in [-0.4, -0.2) is 69.3 Å². The van der Waals surface area contributed by atoms with Crippen LogP contribution in [-0.2, 0) is 20.8 Å². The first-order valence-electron chi connectivity index (χ1n) is 11.7. The van der Waals surface area contributed by atoms with Crippen molar-refractivity contribution in [2.45, 2.75) is 37.9 Å². The molecule has 3 aromatic rings. The number of aliphatic carboxylic acids is 1. The van der Waals surface area contributed by atoms with E-state index in [-0.39, 0.29) is 30.0 Å². The summed E-state index contributed by atoms with van der Waals surface area (Å²) in [6.45, 7) is 1.26. The van der Waals surface area contributed by atoms with Crippen molar-refractivity contribution in [1.29, 1.82) is 0 Å². The summed E-state index contributed by atoms with van der Waals surface area (Å²) in [5, 5.41) is 11.7. The third kappa shape index (κ3) is 5.42. The van der Waals surface area contributed by atoms with Crippen molar-refractivity contribution in [2.75, 3.05) is 20.3 Å². The summed E-state index contributed by atoms with van der Waals surface area (Å²) in [6.07, 6.45) is 3.13. The van der Waals surface area contributed by atoms with Gasteiger partial charge in [0.2, 0.25) is 0 Å². The van der Waals surface area contributed by atoms with Crippen molar-refractivity contribution in [1.82, 2.24) is 19.9 Å². The van der Waals surface area contributed by atoms with E-state index in [1.165, 1.54) is 30.6 Å². The molecule has 37 heavy (non-hydrogen) atoms. The van der Waals surface area contributed by atoms with Crippen LogP contribution in [0.2, 0.25) is 0 Å². The number of carboxylic acids is 1. The Bertz CT molecular complexity index is 1310. The smallest absolute Gasteiger partial charge is 0.342 e. The molecule has 2 unspecified atom stereocenters. The van der Waals surface area contributed by atoms with E-state index in [9.17, 15) is 19.1 Å². The zero-order chi connectivity index (χ0) is 26.1. The predicted molar refractivity (Wildman–Crippen MR) is 136 cm³/mol. The first-order chi connectivity index (χ1) is 17.8. The number of carbonyl (C=O) groups is 2. The minimum Gasteiger partial charge on any atom is -0.481 e. The second kappa shape index (κ2) is 10.9. The van der Waals surface area contributed by atoms with E-state index in [4.69, 9.17) is 19.4 Å². The topological polar surface area (TPSA) is 115 Å². The third-order valence-corrected chi connectivity index (χ3v) is 8.17. The number of carboxylic acid groups (broad SMARTS) is 1. The number of esters is 1. The minimum atomic E-state index is -0.802. The van der Waals surface area contributed by atoms with Crippen LogP contribution in [0, 0.1) is 11.7 Å². The lowest BCUT2D eigenvalue weighted by Crippen LogP contribution is -2.56. The van der Waals surface area contributed by atoms with E-state index in [2.05, 4.69) is 25.8 Å². The molecule has 3 atom stereocenters. The minimum absolute atomic E-state index is 0.0124. The number of hydrogen-bond acceptors (Lipinski definition) is 9.